The van der Waals surface area contributed by atoms with Crippen LogP contribution in [0.4, 0.5) is 0 Å². The molecule has 52 valence electrons. The molecule has 2 heterocycles. The van der Waals surface area contributed by atoms with Crippen molar-refractivity contribution in [1.82, 2.24) is 10.9 Å². The summed E-state index contributed by atoms with van der Waals surface area (Å²) in [4.78, 5) is 4.16. The molecular weight excluding hydrogens is 146 g/mol. The number of nitrogens with zero attached hydrogens (tertiary/aromatic N) is 1. The lowest BCUT2D eigenvalue weighted by atomic mass is 10.3. The first-order chi connectivity index (χ1) is 4.97. The number of hydrazine groups is 1. The van der Waals surface area contributed by atoms with Gasteiger partial charge in [-0.1, -0.05) is 0 Å². The zero-order chi connectivity index (χ0) is 6.81. The van der Waals surface area contributed by atoms with Gasteiger partial charge in [0.15, 0.2) is 0 Å². The molecule has 4 heteroatoms. The van der Waals surface area contributed by atoms with Gasteiger partial charge in [-0.15, -0.1) is 11.8 Å². The minimum absolute atomic E-state index is 0.869. The molecule has 2 N–H and O–H groups in total. The zero-order valence-corrected chi connectivity index (χ0v) is 6.11. The molecule has 0 aromatic rings. The average molecular weight is 153 g/mol. The molecule has 2 rings (SSSR count). The molecule has 0 atom stereocenters. The summed E-state index contributed by atoms with van der Waals surface area (Å²) in [5.41, 5.74) is 7.19. The standard InChI is InChI=1S/C6H7N3S/c1-2-10-4-5-3-8-9-6(5)7-1/h1-2,4,8H,3H2,(H,7,9). The Labute approximate surface area is 63.3 Å². The monoisotopic (exact) mass is 153 g/mol. The minimum atomic E-state index is 0.869. The lowest BCUT2D eigenvalue weighted by molar-refractivity contribution is 0.761. The molecule has 10 heavy (non-hydrogen) atoms. The predicted molar refractivity (Wildman–Crippen MR) is 43.4 cm³/mol. The van der Waals surface area contributed by atoms with Crippen LogP contribution in [0.2, 0.25) is 0 Å². The van der Waals surface area contributed by atoms with Crippen LogP contribution in [0.3, 0.4) is 0 Å². The average Bonchev–Trinajstić information content (AvgIpc) is 2.28. The number of hydrogen-bond acceptors (Lipinski definition) is 4. The molecule has 2 aliphatic heterocycles. The number of rotatable bonds is 0. The molecule has 0 aromatic heterocycles. The molecule has 0 unspecified atom stereocenters. The molecule has 1 saturated heterocycles. The number of nitrogens with one attached hydrogen (secondary N) is 2. The van der Waals surface area contributed by atoms with Crippen LogP contribution >= 0.6 is 11.8 Å². The normalized spacial score (nSPS) is 22.4. The topological polar surface area (TPSA) is 36.4 Å². The van der Waals surface area contributed by atoms with Gasteiger partial charge < -0.3 is 5.43 Å². The summed E-state index contributed by atoms with van der Waals surface area (Å²) in [7, 11) is 0. The van der Waals surface area contributed by atoms with Gasteiger partial charge in [0.25, 0.3) is 0 Å². The Morgan fingerprint density at radius 3 is 3.60 bits per heavy atom. The van der Waals surface area contributed by atoms with Crippen molar-refractivity contribution >= 4 is 17.6 Å². The number of aliphatic imine (C=N–C) groups is 1. The highest BCUT2D eigenvalue weighted by Crippen LogP contribution is 2.14. The Morgan fingerprint density at radius 2 is 2.60 bits per heavy atom. The number of fused-ring (bicyclic) bond motifs is 1. The molecule has 0 saturated carbocycles. The third-order valence-electron chi connectivity index (χ3n) is 1.34. The molecule has 2 aliphatic rings. The molecular formula is C6H7N3S. The summed E-state index contributed by atoms with van der Waals surface area (Å²) in [5.74, 6) is 0.946. The highest BCUT2D eigenvalue weighted by molar-refractivity contribution is 8.04. The Bertz CT molecular complexity index is 229. The van der Waals surface area contributed by atoms with Crippen molar-refractivity contribution in [2.75, 3.05) is 6.54 Å². The van der Waals surface area contributed by atoms with Crippen LogP contribution in [0.5, 0.6) is 0 Å². The summed E-state index contributed by atoms with van der Waals surface area (Å²) in [6.45, 7) is 0.869. The summed E-state index contributed by atoms with van der Waals surface area (Å²) in [6, 6.07) is 0. The van der Waals surface area contributed by atoms with Crippen molar-refractivity contribution in [3.8, 4) is 0 Å². The van der Waals surface area contributed by atoms with E-state index in [2.05, 4.69) is 21.3 Å². The van der Waals surface area contributed by atoms with Gasteiger partial charge in [-0.05, 0) is 10.8 Å². The number of thioether (sulfide) groups is 1. The SMILES string of the molecule is C1=CSC=C2CNNC2=N1. The second-order valence-electron chi connectivity index (χ2n) is 2.02. The van der Waals surface area contributed by atoms with Gasteiger partial charge in [-0.25, -0.2) is 10.4 Å². The van der Waals surface area contributed by atoms with Crippen LogP contribution in [-0.2, 0) is 0 Å². The summed E-state index contributed by atoms with van der Waals surface area (Å²) >= 11 is 1.65. The Kier molecular flexibility index (Phi) is 1.49. The van der Waals surface area contributed by atoms with E-state index in [9.17, 15) is 0 Å². The van der Waals surface area contributed by atoms with Gasteiger partial charge in [0.05, 0.1) is 0 Å². The van der Waals surface area contributed by atoms with Crippen molar-refractivity contribution in [2.45, 2.75) is 0 Å². The Hall–Kier alpha value is -0.740. The third-order valence-corrected chi connectivity index (χ3v) is 2.04. The Balaban J connectivity index is 2.34. The lowest BCUT2D eigenvalue weighted by Crippen LogP contribution is -2.25. The summed E-state index contributed by atoms with van der Waals surface area (Å²) in [5, 5.41) is 4.05. The first-order valence-corrected chi connectivity index (χ1v) is 3.98. The van der Waals surface area contributed by atoms with Crippen LogP contribution in [0.15, 0.2) is 27.6 Å². The molecule has 0 radical (unpaired) electrons. The van der Waals surface area contributed by atoms with Gasteiger partial charge in [-0.2, -0.15) is 0 Å². The van der Waals surface area contributed by atoms with E-state index in [-0.39, 0.29) is 0 Å². The highest BCUT2D eigenvalue weighted by Gasteiger charge is 2.13. The molecule has 1 fully saturated rings. The van der Waals surface area contributed by atoms with Crippen molar-refractivity contribution < 1.29 is 0 Å². The first-order valence-electron chi connectivity index (χ1n) is 3.03. The summed E-state index contributed by atoms with van der Waals surface area (Å²) in [6.07, 6.45) is 1.80. The molecule has 3 nitrogen and oxygen atoms in total. The zero-order valence-electron chi connectivity index (χ0n) is 5.29. The van der Waals surface area contributed by atoms with E-state index in [4.69, 9.17) is 0 Å². The van der Waals surface area contributed by atoms with Crippen LogP contribution in [0.1, 0.15) is 0 Å². The fourth-order valence-electron chi connectivity index (χ4n) is 0.861. The second kappa shape index (κ2) is 2.48. The predicted octanol–water partition coefficient (Wildman–Crippen LogP) is 0.595. The van der Waals surface area contributed by atoms with Crippen molar-refractivity contribution in [3.63, 3.8) is 0 Å². The Morgan fingerprint density at radius 1 is 1.60 bits per heavy atom. The van der Waals surface area contributed by atoms with Gasteiger partial charge in [0, 0.05) is 18.3 Å². The fraction of sp³-hybridized carbons (Fsp3) is 0.167. The smallest absolute Gasteiger partial charge is 0.145 e. The van der Waals surface area contributed by atoms with E-state index in [0.717, 1.165) is 12.4 Å². The lowest BCUT2D eigenvalue weighted by Gasteiger charge is -1.91. The molecule has 0 bridgehead atoms. The van der Waals surface area contributed by atoms with Crippen molar-refractivity contribution in [2.24, 2.45) is 4.99 Å². The molecule has 0 spiro atoms. The van der Waals surface area contributed by atoms with Crippen LogP contribution in [0, 0.1) is 0 Å². The van der Waals surface area contributed by atoms with Gasteiger partial charge in [0.1, 0.15) is 5.84 Å². The minimum Gasteiger partial charge on any atom is -0.305 e. The first kappa shape index (κ1) is 6.00. The number of amidine groups is 1. The maximum absolute atomic E-state index is 4.16. The van der Waals surface area contributed by atoms with E-state index in [0.29, 0.717) is 0 Å². The third kappa shape index (κ3) is 0.955. The van der Waals surface area contributed by atoms with Crippen LogP contribution < -0.4 is 10.9 Å². The molecule has 0 aliphatic carbocycles. The molecule has 0 amide bonds. The maximum atomic E-state index is 4.16. The van der Waals surface area contributed by atoms with Crippen LogP contribution in [0.25, 0.3) is 0 Å². The second-order valence-corrected chi connectivity index (χ2v) is 2.80. The van der Waals surface area contributed by atoms with E-state index < -0.39 is 0 Å². The van der Waals surface area contributed by atoms with E-state index in [1.54, 1.807) is 18.0 Å². The highest BCUT2D eigenvalue weighted by atomic mass is 32.2. The van der Waals surface area contributed by atoms with E-state index in [1.807, 2.05) is 5.41 Å². The molecule has 0 aromatic carbocycles. The quantitative estimate of drug-likeness (QED) is 0.535. The van der Waals surface area contributed by atoms with Gasteiger partial charge >= 0.3 is 0 Å². The van der Waals surface area contributed by atoms with Crippen molar-refractivity contribution in [3.05, 3.63) is 22.6 Å². The van der Waals surface area contributed by atoms with E-state index >= 15 is 0 Å². The number of hydrogen-bond donors (Lipinski definition) is 2. The van der Waals surface area contributed by atoms with Gasteiger partial charge in [0.2, 0.25) is 0 Å². The van der Waals surface area contributed by atoms with Crippen LogP contribution in [-0.4, -0.2) is 12.4 Å². The summed E-state index contributed by atoms with van der Waals surface area (Å²) < 4.78 is 0. The van der Waals surface area contributed by atoms with E-state index in [1.165, 1.54) is 5.57 Å². The van der Waals surface area contributed by atoms with Gasteiger partial charge in [-0.3, -0.25) is 0 Å². The maximum Gasteiger partial charge on any atom is 0.145 e. The van der Waals surface area contributed by atoms with Crippen molar-refractivity contribution in [1.29, 1.82) is 0 Å². The fourth-order valence-corrected chi connectivity index (χ4v) is 1.43. The largest absolute Gasteiger partial charge is 0.305 e.